The van der Waals surface area contributed by atoms with Crippen molar-refractivity contribution < 1.29 is 9.53 Å². The highest BCUT2D eigenvalue weighted by Crippen LogP contribution is 2.33. The summed E-state index contributed by atoms with van der Waals surface area (Å²) in [5, 5.41) is 3.00. The molecule has 0 aromatic heterocycles. The summed E-state index contributed by atoms with van der Waals surface area (Å²) in [6, 6.07) is 8.61. The van der Waals surface area contributed by atoms with Gasteiger partial charge in [-0.15, -0.1) is 0 Å². The van der Waals surface area contributed by atoms with Crippen LogP contribution in [0.3, 0.4) is 0 Å². The molecule has 3 heteroatoms. The molecule has 1 aromatic rings. The van der Waals surface area contributed by atoms with Gasteiger partial charge in [0.1, 0.15) is 0 Å². The second-order valence-corrected chi connectivity index (χ2v) is 6.64. The summed E-state index contributed by atoms with van der Waals surface area (Å²) >= 11 is 0. The fraction of sp³-hybridized carbons (Fsp3) is 0.632. The van der Waals surface area contributed by atoms with Crippen LogP contribution in [0.4, 0.5) is 0 Å². The molecule has 2 aliphatic rings. The lowest BCUT2D eigenvalue weighted by molar-refractivity contribution is -0.121. The molecule has 0 bridgehead atoms. The van der Waals surface area contributed by atoms with Gasteiger partial charge in [-0.1, -0.05) is 37.1 Å². The van der Waals surface area contributed by atoms with Gasteiger partial charge in [-0.2, -0.15) is 0 Å². The molecule has 3 nitrogen and oxygen atoms in total. The zero-order valence-electron chi connectivity index (χ0n) is 13.4. The predicted molar refractivity (Wildman–Crippen MR) is 87.7 cm³/mol. The lowest BCUT2D eigenvalue weighted by atomic mass is 9.89. The van der Waals surface area contributed by atoms with Gasteiger partial charge < -0.3 is 10.1 Å². The number of aryl methyl sites for hydroxylation is 1. The van der Waals surface area contributed by atoms with Crippen molar-refractivity contribution in [2.45, 2.75) is 57.5 Å². The first kappa shape index (κ1) is 15.5. The second kappa shape index (κ2) is 7.77. The first-order valence-corrected chi connectivity index (χ1v) is 8.79. The van der Waals surface area contributed by atoms with E-state index in [1.54, 1.807) is 0 Å². The molecule has 0 heterocycles. The van der Waals surface area contributed by atoms with E-state index in [4.69, 9.17) is 4.74 Å². The maximum atomic E-state index is 11.7. The topological polar surface area (TPSA) is 38.3 Å². The Labute approximate surface area is 133 Å². The van der Waals surface area contributed by atoms with Gasteiger partial charge in [0.05, 0.1) is 6.10 Å². The van der Waals surface area contributed by atoms with Crippen LogP contribution in [0.1, 0.15) is 62.2 Å². The van der Waals surface area contributed by atoms with Crippen molar-refractivity contribution in [1.29, 1.82) is 0 Å². The van der Waals surface area contributed by atoms with Crippen molar-refractivity contribution in [3.8, 4) is 0 Å². The summed E-state index contributed by atoms with van der Waals surface area (Å²) in [6.07, 6.45) is 9.05. The average molecular weight is 301 g/mol. The Morgan fingerprint density at radius 1 is 1.23 bits per heavy atom. The van der Waals surface area contributed by atoms with Crippen molar-refractivity contribution in [3.63, 3.8) is 0 Å². The van der Waals surface area contributed by atoms with Gasteiger partial charge in [0, 0.05) is 19.6 Å². The Hall–Kier alpha value is -1.35. The molecular formula is C19H27NO2. The van der Waals surface area contributed by atoms with Gasteiger partial charge in [0.2, 0.25) is 5.91 Å². The van der Waals surface area contributed by atoms with E-state index < -0.39 is 0 Å². The number of fused-ring (bicyclic) bond motifs is 1. The van der Waals surface area contributed by atoms with Crippen molar-refractivity contribution in [3.05, 3.63) is 35.4 Å². The highest BCUT2D eigenvalue weighted by Gasteiger charge is 2.22. The molecule has 0 saturated heterocycles. The van der Waals surface area contributed by atoms with E-state index in [2.05, 4.69) is 29.6 Å². The van der Waals surface area contributed by atoms with Crippen LogP contribution in [0.5, 0.6) is 0 Å². The molecule has 1 saturated carbocycles. The number of rotatable bonds is 8. The monoisotopic (exact) mass is 301 g/mol. The smallest absolute Gasteiger partial charge is 0.220 e. The van der Waals surface area contributed by atoms with Crippen molar-refractivity contribution >= 4 is 5.91 Å². The molecule has 0 unspecified atom stereocenters. The maximum Gasteiger partial charge on any atom is 0.220 e. The molecule has 1 N–H and O–H groups in total. The molecule has 1 fully saturated rings. The standard InChI is InChI=1S/C19H27NO2/c21-19(12-11-15-9-10-15)20-13-4-14-22-18-8-3-6-16-5-1-2-7-17(16)18/h1-2,5,7,15,18H,3-4,6,8-14H2,(H,20,21)/t18-/m0/s1. The molecule has 0 spiro atoms. The van der Waals surface area contributed by atoms with Gasteiger partial charge >= 0.3 is 0 Å². The van der Waals surface area contributed by atoms with Crippen LogP contribution in [-0.2, 0) is 16.0 Å². The quantitative estimate of drug-likeness (QED) is 0.742. The SMILES string of the molecule is O=C(CCC1CC1)NCCCO[C@H]1CCCc2ccccc21. The Balaban J connectivity index is 1.31. The predicted octanol–water partition coefficient (Wildman–Crippen LogP) is 3.78. The second-order valence-electron chi connectivity index (χ2n) is 6.64. The minimum absolute atomic E-state index is 0.204. The molecule has 1 aromatic carbocycles. The molecule has 22 heavy (non-hydrogen) atoms. The third kappa shape index (κ3) is 4.57. The fourth-order valence-electron chi connectivity index (χ4n) is 3.24. The van der Waals surface area contributed by atoms with Crippen molar-refractivity contribution in [2.75, 3.05) is 13.2 Å². The molecule has 3 rings (SSSR count). The summed E-state index contributed by atoms with van der Waals surface area (Å²) in [7, 11) is 0. The fourth-order valence-corrected chi connectivity index (χ4v) is 3.24. The Bertz CT molecular complexity index is 496. The number of carbonyl (C=O) groups excluding carboxylic acids is 1. The van der Waals surface area contributed by atoms with Crippen LogP contribution in [0.15, 0.2) is 24.3 Å². The van der Waals surface area contributed by atoms with Gasteiger partial charge in [-0.25, -0.2) is 0 Å². The van der Waals surface area contributed by atoms with Crippen LogP contribution in [0, 0.1) is 5.92 Å². The van der Waals surface area contributed by atoms with E-state index in [9.17, 15) is 4.79 Å². The van der Waals surface area contributed by atoms with Crippen LogP contribution in [0.2, 0.25) is 0 Å². The number of ether oxygens (including phenoxy) is 1. The summed E-state index contributed by atoms with van der Waals surface area (Å²) in [5.74, 6) is 1.04. The largest absolute Gasteiger partial charge is 0.373 e. The highest BCUT2D eigenvalue weighted by molar-refractivity contribution is 5.75. The molecule has 1 amide bonds. The molecular weight excluding hydrogens is 274 g/mol. The van der Waals surface area contributed by atoms with E-state index in [0.717, 1.165) is 38.3 Å². The normalized spacial score (nSPS) is 20.5. The first-order chi connectivity index (χ1) is 10.8. The minimum atomic E-state index is 0.204. The zero-order valence-corrected chi connectivity index (χ0v) is 13.4. The van der Waals surface area contributed by atoms with Crippen LogP contribution in [0.25, 0.3) is 0 Å². The first-order valence-electron chi connectivity index (χ1n) is 8.79. The van der Waals surface area contributed by atoms with Gasteiger partial charge in [-0.05, 0) is 49.1 Å². The Morgan fingerprint density at radius 3 is 2.95 bits per heavy atom. The Kier molecular flexibility index (Phi) is 5.49. The molecule has 120 valence electrons. The van der Waals surface area contributed by atoms with Crippen molar-refractivity contribution in [2.24, 2.45) is 5.92 Å². The number of carbonyl (C=O) groups is 1. The lowest BCUT2D eigenvalue weighted by Crippen LogP contribution is -2.25. The van der Waals surface area contributed by atoms with Gasteiger partial charge in [-0.3, -0.25) is 4.79 Å². The van der Waals surface area contributed by atoms with E-state index in [0.29, 0.717) is 6.42 Å². The lowest BCUT2D eigenvalue weighted by Gasteiger charge is -2.25. The molecule has 1 atom stereocenters. The van der Waals surface area contributed by atoms with E-state index in [1.165, 1.54) is 36.8 Å². The third-order valence-electron chi connectivity index (χ3n) is 4.75. The number of benzene rings is 1. The van der Waals surface area contributed by atoms with Gasteiger partial charge in [0.15, 0.2) is 0 Å². The number of nitrogens with one attached hydrogen (secondary N) is 1. The van der Waals surface area contributed by atoms with Crippen LogP contribution >= 0.6 is 0 Å². The van der Waals surface area contributed by atoms with Gasteiger partial charge in [0.25, 0.3) is 0 Å². The van der Waals surface area contributed by atoms with E-state index in [-0.39, 0.29) is 12.0 Å². The van der Waals surface area contributed by atoms with E-state index >= 15 is 0 Å². The summed E-state index contributed by atoms with van der Waals surface area (Å²) in [6.45, 7) is 1.46. The summed E-state index contributed by atoms with van der Waals surface area (Å²) < 4.78 is 6.05. The zero-order chi connectivity index (χ0) is 15.2. The minimum Gasteiger partial charge on any atom is -0.373 e. The number of hydrogen-bond donors (Lipinski definition) is 1. The summed E-state index contributed by atoms with van der Waals surface area (Å²) in [4.78, 5) is 11.7. The Morgan fingerprint density at radius 2 is 2.09 bits per heavy atom. The summed E-state index contributed by atoms with van der Waals surface area (Å²) in [5.41, 5.74) is 2.80. The van der Waals surface area contributed by atoms with E-state index in [1.807, 2.05) is 0 Å². The molecule has 2 aliphatic carbocycles. The molecule has 0 radical (unpaired) electrons. The maximum absolute atomic E-state index is 11.7. The number of amides is 1. The third-order valence-corrected chi connectivity index (χ3v) is 4.75. The number of hydrogen-bond acceptors (Lipinski definition) is 2. The van der Waals surface area contributed by atoms with Crippen LogP contribution in [-0.4, -0.2) is 19.1 Å². The van der Waals surface area contributed by atoms with Crippen molar-refractivity contribution in [1.82, 2.24) is 5.32 Å². The molecule has 0 aliphatic heterocycles. The average Bonchev–Trinajstić information content (AvgIpc) is 3.37. The highest BCUT2D eigenvalue weighted by atomic mass is 16.5. The van der Waals surface area contributed by atoms with Crippen LogP contribution < -0.4 is 5.32 Å².